The van der Waals surface area contributed by atoms with E-state index in [-0.39, 0.29) is 5.75 Å². The molecule has 0 radical (unpaired) electrons. The monoisotopic (exact) mass is 306 g/mol. The Labute approximate surface area is 133 Å². The Morgan fingerprint density at radius 1 is 0.957 bits per heavy atom. The van der Waals surface area contributed by atoms with Crippen LogP contribution in [0.3, 0.4) is 0 Å². The van der Waals surface area contributed by atoms with Gasteiger partial charge < -0.3 is 9.47 Å². The van der Waals surface area contributed by atoms with Crippen molar-refractivity contribution >= 4 is 23.0 Å². The van der Waals surface area contributed by atoms with E-state index in [9.17, 15) is 9.59 Å². The number of rotatable bonds is 4. The SMILES string of the molecule is COc1ccc(C(=O)Oc2ccc3ccccc3c2C=O)cc1. The van der Waals surface area contributed by atoms with Crippen molar-refractivity contribution in [2.24, 2.45) is 0 Å². The molecule has 114 valence electrons. The van der Waals surface area contributed by atoms with E-state index in [0.717, 1.165) is 10.8 Å². The molecule has 0 spiro atoms. The summed E-state index contributed by atoms with van der Waals surface area (Å²) in [6, 6.07) is 17.5. The highest BCUT2D eigenvalue weighted by Gasteiger charge is 2.13. The van der Waals surface area contributed by atoms with E-state index in [1.165, 1.54) is 0 Å². The van der Waals surface area contributed by atoms with Gasteiger partial charge in [-0.2, -0.15) is 0 Å². The molecule has 23 heavy (non-hydrogen) atoms. The number of ether oxygens (including phenoxy) is 2. The zero-order chi connectivity index (χ0) is 16.2. The van der Waals surface area contributed by atoms with Crippen molar-refractivity contribution in [2.45, 2.75) is 0 Å². The van der Waals surface area contributed by atoms with Crippen LogP contribution >= 0.6 is 0 Å². The number of methoxy groups -OCH3 is 1. The van der Waals surface area contributed by atoms with Crippen molar-refractivity contribution in [3.63, 3.8) is 0 Å². The molecular weight excluding hydrogens is 292 g/mol. The lowest BCUT2D eigenvalue weighted by molar-refractivity contribution is 0.0734. The van der Waals surface area contributed by atoms with Crippen LogP contribution in [0, 0.1) is 0 Å². The Morgan fingerprint density at radius 2 is 1.70 bits per heavy atom. The molecule has 0 aliphatic heterocycles. The summed E-state index contributed by atoms with van der Waals surface area (Å²) in [4.78, 5) is 23.7. The summed E-state index contributed by atoms with van der Waals surface area (Å²) in [6.07, 6.45) is 0.707. The minimum absolute atomic E-state index is 0.250. The molecular formula is C19H14O4. The molecule has 3 aromatic rings. The maximum atomic E-state index is 12.2. The van der Waals surface area contributed by atoms with Crippen LogP contribution in [-0.4, -0.2) is 19.4 Å². The Morgan fingerprint density at radius 3 is 2.39 bits per heavy atom. The summed E-state index contributed by atoms with van der Waals surface area (Å²) < 4.78 is 10.4. The molecule has 0 N–H and O–H groups in total. The van der Waals surface area contributed by atoms with Gasteiger partial charge in [-0.25, -0.2) is 4.79 Å². The van der Waals surface area contributed by atoms with E-state index in [1.807, 2.05) is 30.3 Å². The van der Waals surface area contributed by atoms with Gasteiger partial charge in [-0.05, 0) is 41.1 Å². The van der Waals surface area contributed by atoms with Crippen LogP contribution in [0.5, 0.6) is 11.5 Å². The molecule has 4 heteroatoms. The maximum absolute atomic E-state index is 12.2. The van der Waals surface area contributed by atoms with Crippen molar-refractivity contribution in [2.75, 3.05) is 7.11 Å². The van der Waals surface area contributed by atoms with Crippen molar-refractivity contribution in [1.29, 1.82) is 0 Å². The average Bonchev–Trinajstić information content (AvgIpc) is 2.61. The molecule has 0 amide bonds. The number of hydrogen-bond acceptors (Lipinski definition) is 4. The molecule has 0 atom stereocenters. The standard InChI is InChI=1S/C19H14O4/c1-22-15-9-6-14(7-10-15)19(21)23-18-11-8-13-4-2-3-5-16(13)17(18)12-20/h2-12H,1H3. The van der Waals surface area contributed by atoms with E-state index in [2.05, 4.69) is 0 Å². The number of benzene rings is 3. The third kappa shape index (κ3) is 2.92. The lowest BCUT2D eigenvalue weighted by atomic mass is 10.0. The minimum atomic E-state index is -0.522. The van der Waals surface area contributed by atoms with Crippen LogP contribution in [0.1, 0.15) is 20.7 Å². The topological polar surface area (TPSA) is 52.6 Å². The molecule has 0 saturated heterocycles. The normalized spacial score (nSPS) is 10.3. The lowest BCUT2D eigenvalue weighted by Crippen LogP contribution is -2.09. The molecule has 0 bridgehead atoms. The first kappa shape index (κ1) is 14.8. The van der Waals surface area contributed by atoms with Crippen LogP contribution in [0.4, 0.5) is 0 Å². The predicted octanol–water partition coefficient (Wildman–Crippen LogP) is 3.88. The Balaban J connectivity index is 1.94. The second-order valence-electron chi connectivity index (χ2n) is 4.93. The van der Waals surface area contributed by atoms with E-state index in [1.54, 1.807) is 37.4 Å². The molecule has 3 aromatic carbocycles. The zero-order valence-corrected chi connectivity index (χ0v) is 12.5. The average molecular weight is 306 g/mol. The Bertz CT molecular complexity index is 866. The van der Waals surface area contributed by atoms with Gasteiger partial charge in [0, 0.05) is 0 Å². The van der Waals surface area contributed by atoms with Crippen molar-refractivity contribution in [3.05, 3.63) is 71.8 Å². The second kappa shape index (κ2) is 6.32. The van der Waals surface area contributed by atoms with Gasteiger partial charge >= 0.3 is 5.97 Å². The van der Waals surface area contributed by atoms with Gasteiger partial charge in [0.2, 0.25) is 0 Å². The Hall–Kier alpha value is -3.14. The quantitative estimate of drug-likeness (QED) is 0.417. The molecule has 0 aromatic heterocycles. The summed E-state index contributed by atoms with van der Waals surface area (Å²) >= 11 is 0. The molecule has 4 nitrogen and oxygen atoms in total. The minimum Gasteiger partial charge on any atom is -0.497 e. The third-order valence-electron chi connectivity index (χ3n) is 3.58. The highest BCUT2D eigenvalue weighted by atomic mass is 16.5. The molecule has 0 fully saturated rings. The van der Waals surface area contributed by atoms with E-state index >= 15 is 0 Å². The summed E-state index contributed by atoms with van der Waals surface area (Å²) in [7, 11) is 1.55. The van der Waals surface area contributed by atoms with Gasteiger partial charge in [0.1, 0.15) is 11.5 Å². The van der Waals surface area contributed by atoms with Crippen LogP contribution in [0.25, 0.3) is 10.8 Å². The largest absolute Gasteiger partial charge is 0.497 e. The zero-order valence-electron chi connectivity index (χ0n) is 12.5. The highest BCUT2D eigenvalue weighted by Crippen LogP contribution is 2.27. The van der Waals surface area contributed by atoms with Gasteiger partial charge in [-0.1, -0.05) is 30.3 Å². The van der Waals surface area contributed by atoms with Crippen LogP contribution in [-0.2, 0) is 0 Å². The number of carbonyl (C=O) groups excluding carboxylic acids is 2. The summed E-state index contributed by atoms with van der Waals surface area (Å²) in [5, 5.41) is 1.67. The van der Waals surface area contributed by atoms with Crippen molar-refractivity contribution in [1.82, 2.24) is 0 Å². The van der Waals surface area contributed by atoms with Gasteiger partial charge in [-0.3, -0.25) is 4.79 Å². The summed E-state index contributed by atoms with van der Waals surface area (Å²) in [6.45, 7) is 0. The first-order valence-corrected chi connectivity index (χ1v) is 7.06. The second-order valence-corrected chi connectivity index (χ2v) is 4.93. The number of carbonyl (C=O) groups is 2. The lowest BCUT2D eigenvalue weighted by Gasteiger charge is -2.09. The first-order valence-electron chi connectivity index (χ1n) is 7.06. The van der Waals surface area contributed by atoms with Gasteiger partial charge in [-0.15, -0.1) is 0 Å². The maximum Gasteiger partial charge on any atom is 0.343 e. The van der Waals surface area contributed by atoms with Gasteiger partial charge in [0.25, 0.3) is 0 Å². The predicted molar refractivity (Wildman–Crippen MR) is 87.3 cm³/mol. The molecule has 0 heterocycles. The summed E-state index contributed by atoms with van der Waals surface area (Å²) in [5.74, 6) is 0.381. The first-order chi connectivity index (χ1) is 11.2. The fourth-order valence-electron chi connectivity index (χ4n) is 2.37. The van der Waals surface area contributed by atoms with E-state index in [0.29, 0.717) is 23.2 Å². The number of aldehydes is 1. The van der Waals surface area contributed by atoms with E-state index in [4.69, 9.17) is 9.47 Å². The smallest absolute Gasteiger partial charge is 0.343 e. The fraction of sp³-hybridized carbons (Fsp3) is 0.0526. The van der Waals surface area contributed by atoms with E-state index < -0.39 is 5.97 Å². The van der Waals surface area contributed by atoms with Gasteiger partial charge in [0.05, 0.1) is 18.2 Å². The van der Waals surface area contributed by atoms with Crippen LogP contribution in [0.2, 0.25) is 0 Å². The van der Waals surface area contributed by atoms with Crippen molar-refractivity contribution < 1.29 is 19.1 Å². The van der Waals surface area contributed by atoms with Crippen molar-refractivity contribution in [3.8, 4) is 11.5 Å². The number of esters is 1. The number of fused-ring (bicyclic) bond motifs is 1. The number of hydrogen-bond donors (Lipinski definition) is 0. The summed E-state index contributed by atoms with van der Waals surface area (Å²) in [5.41, 5.74) is 0.751. The van der Waals surface area contributed by atoms with Gasteiger partial charge in [0.15, 0.2) is 6.29 Å². The molecule has 0 aliphatic carbocycles. The van der Waals surface area contributed by atoms with Crippen LogP contribution in [0.15, 0.2) is 60.7 Å². The third-order valence-corrected chi connectivity index (χ3v) is 3.58. The molecule has 3 rings (SSSR count). The fourth-order valence-corrected chi connectivity index (χ4v) is 2.37. The van der Waals surface area contributed by atoms with Crippen LogP contribution < -0.4 is 9.47 Å². The Kier molecular flexibility index (Phi) is 4.06. The molecule has 0 unspecified atom stereocenters. The molecule has 0 saturated carbocycles. The molecule has 0 aliphatic rings. The highest BCUT2D eigenvalue weighted by molar-refractivity contribution is 6.02.